The van der Waals surface area contributed by atoms with Gasteiger partial charge in [0, 0.05) is 28.2 Å². The minimum atomic E-state index is -0.284. The lowest BCUT2D eigenvalue weighted by Crippen LogP contribution is -2.33. The van der Waals surface area contributed by atoms with Gasteiger partial charge in [-0.2, -0.15) is 0 Å². The molecular formula is C29H36Cl2N4O. The molecule has 36 heavy (non-hydrogen) atoms. The second kappa shape index (κ2) is 14.2. The number of anilines is 1. The first-order chi connectivity index (χ1) is 17.3. The first kappa shape index (κ1) is 28.0. The molecule has 0 saturated heterocycles. The van der Waals surface area contributed by atoms with Crippen molar-refractivity contribution in [3.63, 3.8) is 0 Å². The van der Waals surface area contributed by atoms with E-state index >= 15 is 0 Å². The molecule has 1 atom stereocenters. The largest absolute Gasteiger partial charge is 0.337 e. The number of halogens is 2. The number of amides is 2. The van der Waals surface area contributed by atoms with Crippen LogP contribution in [0.3, 0.4) is 0 Å². The molecule has 0 saturated carbocycles. The Balaban J connectivity index is 1.62. The smallest absolute Gasteiger partial charge is 0.319 e. The molecule has 3 aromatic rings. The van der Waals surface area contributed by atoms with Crippen LogP contribution in [0.2, 0.25) is 10.0 Å². The third-order valence-corrected chi connectivity index (χ3v) is 6.46. The van der Waals surface area contributed by atoms with E-state index in [-0.39, 0.29) is 11.9 Å². The average Bonchev–Trinajstić information content (AvgIpc) is 2.83. The second-order valence-corrected chi connectivity index (χ2v) is 10.2. The standard InChI is InChI=1S/C29H36Cl2N4O/c1-21-5-7-22(8-6-21)23-9-11-24(12-10-23)25(13-15-32-14-4-16-35(2)3)20-33-29(36)34-28-18-26(30)17-27(31)19-28/h5-12,17-19,25,32H,4,13-16,20H2,1-3H3,(H2,33,34,36). The van der Waals surface area contributed by atoms with Crippen LogP contribution in [-0.4, -0.2) is 51.2 Å². The van der Waals surface area contributed by atoms with Crippen LogP contribution in [0.15, 0.2) is 66.7 Å². The Labute approximate surface area is 225 Å². The minimum absolute atomic E-state index is 0.173. The number of benzene rings is 3. The first-order valence-corrected chi connectivity index (χ1v) is 13.1. The van der Waals surface area contributed by atoms with E-state index in [0.717, 1.165) is 32.5 Å². The number of urea groups is 1. The van der Waals surface area contributed by atoms with Crippen molar-refractivity contribution in [2.45, 2.75) is 25.7 Å². The lowest BCUT2D eigenvalue weighted by atomic mass is 9.93. The lowest BCUT2D eigenvalue weighted by Gasteiger charge is -2.20. The van der Waals surface area contributed by atoms with Crippen molar-refractivity contribution in [1.29, 1.82) is 0 Å². The van der Waals surface area contributed by atoms with Crippen LogP contribution in [0.5, 0.6) is 0 Å². The predicted molar refractivity (Wildman–Crippen MR) is 153 cm³/mol. The molecule has 192 valence electrons. The normalized spacial score (nSPS) is 11.9. The summed E-state index contributed by atoms with van der Waals surface area (Å²) in [7, 11) is 4.18. The lowest BCUT2D eigenvalue weighted by molar-refractivity contribution is 0.251. The van der Waals surface area contributed by atoms with Crippen LogP contribution in [0.1, 0.15) is 29.9 Å². The van der Waals surface area contributed by atoms with Gasteiger partial charge in [-0.05, 0) is 88.4 Å². The molecule has 0 aromatic heterocycles. The highest BCUT2D eigenvalue weighted by molar-refractivity contribution is 6.35. The maximum atomic E-state index is 12.6. The van der Waals surface area contributed by atoms with Gasteiger partial charge in [-0.25, -0.2) is 4.79 Å². The SMILES string of the molecule is Cc1ccc(-c2ccc(C(CCNCCCN(C)C)CNC(=O)Nc3cc(Cl)cc(Cl)c3)cc2)cc1. The molecule has 3 N–H and O–H groups in total. The van der Waals surface area contributed by atoms with Crippen molar-refractivity contribution in [3.05, 3.63) is 87.9 Å². The summed E-state index contributed by atoms with van der Waals surface area (Å²) in [4.78, 5) is 14.8. The predicted octanol–water partition coefficient (Wildman–Crippen LogP) is 6.81. The van der Waals surface area contributed by atoms with Gasteiger partial charge < -0.3 is 20.9 Å². The summed E-state index contributed by atoms with van der Waals surface area (Å²) in [6.45, 7) is 5.53. The molecule has 0 aliphatic heterocycles. The summed E-state index contributed by atoms with van der Waals surface area (Å²) < 4.78 is 0. The maximum Gasteiger partial charge on any atom is 0.319 e. The molecular weight excluding hydrogens is 491 g/mol. The fourth-order valence-electron chi connectivity index (χ4n) is 4.02. The summed E-state index contributed by atoms with van der Waals surface area (Å²) in [6.07, 6.45) is 2.01. The molecule has 0 spiro atoms. The zero-order valence-corrected chi connectivity index (χ0v) is 22.8. The van der Waals surface area contributed by atoms with E-state index in [1.165, 1.54) is 22.3 Å². The van der Waals surface area contributed by atoms with Crippen molar-refractivity contribution >= 4 is 34.9 Å². The van der Waals surface area contributed by atoms with Gasteiger partial charge in [0.25, 0.3) is 0 Å². The molecule has 0 bridgehead atoms. The number of nitrogens with zero attached hydrogens (tertiary/aromatic N) is 1. The maximum absolute atomic E-state index is 12.6. The molecule has 0 aliphatic rings. The zero-order valence-electron chi connectivity index (χ0n) is 21.3. The van der Waals surface area contributed by atoms with Crippen LogP contribution < -0.4 is 16.0 Å². The van der Waals surface area contributed by atoms with E-state index in [2.05, 4.69) is 90.4 Å². The summed E-state index contributed by atoms with van der Waals surface area (Å²) in [5.74, 6) is 0.173. The van der Waals surface area contributed by atoms with Crippen LogP contribution in [0.4, 0.5) is 10.5 Å². The van der Waals surface area contributed by atoms with Gasteiger partial charge in [0.1, 0.15) is 0 Å². The molecule has 0 aliphatic carbocycles. The number of nitrogens with one attached hydrogen (secondary N) is 3. The first-order valence-electron chi connectivity index (χ1n) is 12.3. The Kier molecular flexibility index (Phi) is 11.1. The Morgan fingerprint density at radius 1 is 0.889 bits per heavy atom. The Morgan fingerprint density at radius 3 is 2.11 bits per heavy atom. The van der Waals surface area contributed by atoms with E-state index in [1.54, 1.807) is 18.2 Å². The average molecular weight is 528 g/mol. The van der Waals surface area contributed by atoms with Crippen LogP contribution in [-0.2, 0) is 0 Å². The monoisotopic (exact) mass is 526 g/mol. The van der Waals surface area contributed by atoms with E-state index in [9.17, 15) is 4.79 Å². The molecule has 1 unspecified atom stereocenters. The molecule has 2 amide bonds. The van der Waals surface area contributed by atoms with Gasteiger partial charge in [0.2, 0.25) is 0 Å². The number of carbonyl (C=O) groups is 1. The number of aryl methyl sites for hydroxylation is 1. The van der Waals surface area contributed by atoms with E-state index in [4.69, 9.17) is 23.2 Å². The third-order valence-electron chi connectivity index (χ3n) is 6.02. The quantitative estimate of drug-likeness (QED) is 0.227. The van der Waals surface area contributed by atoms with Gasteiger partial charge in [-0.1, -0.05) is 77.3 Å². The molecule has 7 heteroatoms. The highest BCUT2D eigenvalue weighted by Crippen LogP contribution is 2.25. The second-order valence-electron chi connectivity index (χ2n) is 9.37. The van der Waals surface area contributed by atoms with Crippen molar-refractivity contribution in [2.24, 2.45) is 0 Å². The van der Waals surface area contributed by atoms with Crippen molar-refractivity contribution in [3.8, 4) is 11.1 Å². The topological polar surface area (TPSA) is 56.4 Å². The molecule has 0 radical (unpaired) electrons. The Morgan fingerprint density at radius 2 is 1.50 bits per heavy atom. The third kappa shape index (κ3) is 9.47. The molecule has 0 fully saturated rings. The van der Waals surface area contributed by atoms with E-state index < -0.39 is 0 Å². The summed E-state index contributed by atoms with van der Waals surface area (Å²) in [5, 5.41) is 10.3. The molecule has 5 nitrogen and oxygen atoms in total. The minimum Gasteiger partial charge on any atom is -0.337 e. The van der Waals surface area contributed by atoms with Crippen LogP contribution in [0, 0.1) is 6.92 Å². The van der Waals surface area contributed by atoms with Crippen molar-refractivity contribution < 1.29 is 4.79 Å². The van der Waals surface area contributed by atoms with E-state index in [1.807, 2.05) is 0 Å². The number of hydrogen-bond acceptors (Lipinski definition) is 3. The summed E-state index contributed by atoms with van der Waals surface area (Å²) in [6, 6.07) is 21.9. The van der Waals surface area contributed by atoms with Gasteiger partial charge in [-0.3, -0.25) is 0 Å². The van der Waals surface area contributed by atoms with Gasteiger partial charge in [0.15, 0.2) is 0 Å². The summed E-state index contributed by atoms with van der Waals surface area (Å²) >= 11 is 12.1. The molecule has 3 rings (SSSR count). The van der Waals surface area contributed by atoms with Gasteiger partial charge in [-0.15, -0.1) is 0 Å². The Bertz CT molecular complexity index is 1080. The van der Waals surface area contributed by atoms with Crippen LogP contribution >= 0.6 is 23.2 Å². The number of hydrogen-bond donors (Lipinski definition) is 3. The highest BCUT2D eigenvalue weighted by Gasteiger charge is 2.14. The summed E-state index contributed by atoms with van der Waals surface area (Å²) in [5.41, 5.74) is 5.39. The molecule has 3 aromatic carbocycles. The fourth-order valence-corrected chi connectivity index (χ4v) is 4.55. The van der Waals surface area contributed by atoms with Gasteiger partial charge >= 0.3 is 6.03 Å². The van der Waals surface area contributed by atoms with Crippen LogP contribution in [0.25, 0.3) is 11.1 Å². The van der Waals surface area contributed by atoms with Crippen molar-refractivity contribution in [2.75, 3.05) is 45.6 Å². The molecule has 0 heterocycles. The van der Waals surface area contributed by atoms with Crippen molar-refractivity contribution in [1.82, 2.24) is 15.5 Å². The highest BCUT2D eigenvalue weighted by atomic mass is 35.5. The fraction of sp³-hybridized carbons (Fsp3) is 0.345. The van der Waals surface area contributed by atoms with Gasteiger partial charge in [0.05, 0.1) is 0 Å². The number of carbonyl (C=O) groups excluding carboxylic acids is 1. The number of rotatable bonds is 12. The Hall–Kier alpha value is -2.57. The van der Waals surface area contributed by atoms with E-state index in [0.29, 0.717) is 22.3 Å². The zero-order chi connectivity index (χ0) is 25.9.